The van der Waals surface area contributed by atoms with Crippen LogP contribution in [0.4, 0.5) is 18.9 Å². The number of aliphatic carboxylic acids is 1. The van der Waals surface area contributed by atoms with Gasteiger partial charge in [0.25, 0.3) is 0 Å². The molecule has 148 valence electrons. The predicted octanol–water partition coefficient (Wildman–Crippen LogP) is 4.22. The molecule has 1 saturated carbocycles. The second-order valence-electron chi connectivity index (χ2n) is 6.72. The van der Waals surface area contributed by atoms with Crippen LogP contribution in [-0.2, 0) is 15.8 Å². The Balaban J connectivity index is 1.63. The normalized spacial score (nSPS) is 18.4. The highest BCUT2D eigenvalue weighted by Crippen LogP contribution is 2.49. The fraction of sp³-hybridized carbons (Fsp3) is 0.300. The highest BCUT2D eigenvalue weighted by atomic mass is 19.4. The number of benzene rings is 2. The van der Waals surface area contributed by atoms with Gasteiger partial charge in [0, 0.05) is 11.6 Å². The third-order valence-electron chi connectivity index (χ3n) is 4.59. The van der Waals surface area contributed by atoms with Crippen LogP contribution in [0.1, 0.15) is 29.0 Å². The van der Waals surface area contributed by atoms with Crippen LogP contribution in [-0.4, -0.2) is 23.6 Å². The second kappa shape index (κ2) is 7.53. The van der Waals surface area contributed by atoms with Crippen molar-refractivity contribution in [2.75, 3.05) is 11.9 Å². The van der Waals surface area contributed by atoms with Crippen molar-refractivity contribution in [1.82, 2.24) is 0 Å². The van der Waals surface area contributed by atoms with Gasteiger partial charge in [0.1, 0.15) is 5.75 Å². The first kappa shape index (κ1) is 19.7. The van der Waals surface area contributed by atoms with Crippen LogP contribution in [0.2, 0.25) is 0 Å². The zero-order valence-electron chi connectivity index (χ0n) is 14.9. The van der Waals surface area contributed by atoms with Gasteiger partial charge in [-0.15, -0.1) is 0 Å². The number of carboxylic acid groups (broad SMARTS) is 1. The molecule has 1 aliphatic carbocycles. The molecule has 2 aromatic rings. The average molecular weight is 393 g/mol. The Hall–Kier alpha value is -3.03. The maximum atomic E-state index is 12.8. The van der Waals surface area contributed by atoms with Crippen LogP contribution in [0.5, 0.6) is 5.75 Å². The van der Waals surface area contributed by atoms with E-state index in [1.54, 1.807) is 31.2 Å². The van der Waals surface area contributed by atoms with Crippen LogP contribution in [0, 0.1) is 12.8 Å². The molecule has 2 atom stereocenters. The summed E-state index contributed by atoms with van der Waals surface area (Å²) in [5.41, 5.74) is 1.02. The largest absolute Gasteiger partial charge is 0.482 e. The third kappa shape index (κ3) is 4.62. The summed E-state index contributed by atoms with van der Waals surface area (Å²) in [4.78, 5) is 23.0. The number of carbonyl (C=O) groups is 2. The Kier molecular flexibility index (Phi) is 5.31. The van der Waals surface area contributed by atoms with Gasteiger partial charge in [0.15, 0.2) is 6.61 Å². The van der Waals surface area contributed by atoms with E-state index in [1.165, 1.54) is 6.07 Å². The summed E-state index contributed by atoms with van der Waals surface area (Å²) in [6.07, 6.45) is -3.92. The molecule has 2 N–H and O–H groups in total. The van der Waals surface area contributed by atoms with Crippen LogP contribution in [0.25, 0.3) is 0 Å². The number of halogens is 3. The Labute approximate surface area is 159 Å². The molecule has 0 saturated heterocycles. The molecule has 28 heavy (non-hydrogen) atoms. The smallest absolute Gasteiger partial charge is 0.416 e. The molecule has 2 aromatic carbocycles. The monoisotopic (exact) mass is 393 g/mol. The number of nitrogens with one attached hydrogen (secondary N) is 1. The Bertz CT molecular complexity index is 911. The van der Waals surface area contributed by atoms with Crippen molar-refractivity contribution in [2.24, 2.45) is 5.92 Å². The molecule has 3 rings (SSSR count). The van der Waals surface area contributed by atoms with E-state index in [1.807, 2.05) is 0 Å². The first-order chi connectivity index (χ1) is 13.1. The lowest BCUT2D eigenvalue weighted by Crippen LogP contribution is -2.15. The number of carboxylic acids is 1. The molecule has 0 aliphatic heterocycles. The maximum Gasteiger partial charge on any atom is 0.416 e. The van der Waals surface area contributed by atoms with Gasteiger partial charge < -0.3 is 15.2 Å². The molecule has 5 nitrogen and oxygen atoms in total. The minimum atomic E-state index is -4.41. The lowest BCUT2D eigenvalue weighted by molar-refractivity contribution is -0.139. The van der Waals surface area contributed by atoms with Crippen molar-refractivity contribution in [2.45, 2.75) is 25.4 Å². The number of rotatable bonds is 6. The number of alkyl halides is 3. The summed E-state index contributed by atoms with van der Waals surface area (Å²) in [7, 11) is 0. The van der Waals surface area contributed by atoms with Crippen molar-refractivity contribution in [3.63, 3.8) is 0 Å². The molecule has 1 amide bonds. The first-order valence-corrected chi connectivity index (χ1v) is 8.58. The highest BCUT2D eigenvalue weighted by Gasteiger charge is 2.44. The van der Waals surface area contributed by atoms with Gasteiger partial charge in [-0.05, 0) is 54.7 Å². The average Bonchev–Trinajstić information content (AvgIpc) is 3.42. The number of aryl methyl sites for hydroxylation is 1. The fourth-order valence-corrected chi connectivity index (χ4v) is 3.04. The molecule has 0 heterocycles. The van der Waals surface area contributed by atoms with E-state index in [2.05, 4.69) is 5.32 Å². The van der Waals surface area contributed by atoms with E-state index in [4.69, 9.17) is 9.84 Å². The first-order valence-electron chi connectivity index (χ1n) is 8.58. The summed E-state index contributed by atoms with van der Waals surface area (Å²) in [5, 5.41) is 11.4. The third-order valence-corrected chi connectivity index (χ3v) is 4.59. The van der Waals surface area contributed by atoms with Crippen molar-refractivity contribution < 1.29 is 32.6 Å². The van der Waals surface area contributed by atoms with E-state index < -0.39 is 24.3 Å². The van der Waals surface area contributed by atoms with Crippen LogP contribution < -0.4 is 10.1 Å². The lowest BCUT2D eigenvalue weighted by Gasteiger charge is -2.11. The van der Waals surface area contributed by atoms with Crippen LogP contribution >= 0.6 is 0 Å². The van der Waals surface area contributed by atoms with Gasteiger partial charge >= 0.3 is 12.1 Å². The zero-order valence-corrected chi connectivity index (χ0v) is 14.9. The summed E-state index contributed by atoms with van der Waals surface area (Å²) in [6.45, 7) is 1.27. The lowest BCUT2D eigenvalue weighted by atomic mass is 10.1. The summed E-state index contributed by atoms with van der Waals surface area (Å²) in [5.74, 6) is -1.60. The van der Waals surface area contributed by atoms with E-state index >= 15 is 0 Å². The van der Waals surface area contributed by atoms with E-state index in [0.717, 1.165) is 12.1 Å². The Morgan fingerprint density at radius 3 is 2.61 bits per heavy atom. The van der Waals surface area contributed by atoms with E-state index in [-0.39, 0.29) is 17.7 Å². The molecule has 0 bridgehead atoms. The number of hydrogen-bond donors (Lipinski definition) is 2. The van der Waals surface area contributed by atoms with Gasteiger partial charge in [0.2, 0.25) is 5.91 Å². The van der Waals surface area contributed by atoms with Crippen LogP contribution in [0.15, 0.2) is 42.5 Å². The zero-order chi connectivity index (χ0) is 20.5. The Morgan fingerprint density at radius 2 is 1.96 bits per heavy atom. The molecule has 1 aliphatic rings. The number of anilines is 1. The predicted molar refractivity (Wildman–Crippen MR) is 95.2 cm³/mol. The highest BCUT2D eigenvalue weighted by molar-refractivity contribution is 5.96. The van der Waals surface area contributed by atoms with Crippen molar-refractivity contribution >= 4 is 17.6 Å². The standard InChI is InChI=1S/C20H18F3NO4/c1-11-7-14(28-10-18(25)26)5-6-17(11)24-19(27)16-9-15(16)12-3-2-4-13(8-12)20(21,22)23/h2-8,15-16H,9-10H2,1H3,(H,24,27)(H,25,26). The molecule has 0 radical (unpaired) electrons. The second-order valence-corrected chi connectivity index (χ2v) is 6.72. The number of ether oxygens (including phenoxy) is 1. The number of amides is 1. The molecule has 0 aromatic heterocycles. The van der Waals surface area contributed by atoms with Crippen LogP contribution in [0.3, 0.4) is 0 Å². The van der Waals surface area contributed by atoms with Gasteiger partial charge in [-0.25, -0.2) is 4.79 Å². The van der Waals surface area contributed by atoms with Gasteiger partial charge in [-0.2, -0.15) is 13.2 Å². The number of carbonyl (C=O) groups excluding carboxylic acids is 1. The summed E-state index contributed by atoms with van der Waals surface area (Å²) >= 11 is 0. The SMILES string of the molecule is Cc1cc(OCC(=O)O)ccc1NC(=O)C1CC1c1cccc(C(F)(F)F)c1. The van der Waals surface area contributed by atoms with Crippen molar-refractivity contribution in [3.05, 3.63) is 59.2 Å². The molecule has 0 spiro atoms. The van der Waals surface area contributed by atoms with Crippen molar-refractivity contribution in [1.29, 1.82) is 0 Å². The van der Waals surface area contributed by atoms with E-state index in [0.29, 0.717) is 29.0 Å². The minimum Gasteiger partial charge on any atom is -0.482 e. The van der Waals surface area contributed by atoms with E-state index in [9.17, 15) is 22.8 Å². The van der Waals surface area contributed by atoms with Gasteiger partial charge in [0.05, 0.1) is 5.56 Å². The Morgan fingerprint density at radius 1 is 1.21 bits per heavy atom. The molecule has 2 unspecified atom stereocenters. The molecule has 8 heteroatoms. The molecular formula is C20H18F3NO4. The number of hydrogen-bond acceptors (Lipinski definition) is 3. The summed E-state index contributed by atoms with van der Waals surface area (Å²) in [6, 6.07) is 9.82. The van der Waals surface area contributed by atoms with Gasteiger partial charge in [-0.1, -0.05) is 18.2 Å². The summed E-state index contributed by atoms with van der Waals surface area (Å²) < 4.78 is 43.6. The topological polar surface area (TPSA) is 75.6 Å². The fourth-order valence-electron chi connectivity index (χ4n) is 3.04. The molecule has 1 fully saturated rings. The molecular weight excluding hydrogens is 375 g/mol. The quantitative estimate of drug-likeness (QED) is 0.771. The maximum absolute atomic E-state index is 12.8. The van der Waals surface area contributed by atoms with Gasteiger partial charge in [-0.3, -0.25) is 4.79 Å². The minimum absolute atomic E-state index is 0.235. The van der Waals surface area contributed by atoms with Crippen molar-refractivity contribution in [3.8, 4) is 5.75 Å².